The monoisotopic (exact) mass is 336 g/mol. The third kappa shape index (κ3) is 4.77. The molecule has 2 saturated heterocycles. The maximum absolute atomic E-state index is 12.1. The van der Waals surface area contributed by atoms with Crippen molar-refractivity contribution in [2.75, 3.05) is 6.61 Å². The Morgan fingerprint density at radius 1 is 0.955 bits per heavy atom. The molecule has 10 heteroatoms. The molecule has 2 fully saturated rings. The summed E-state index contributed by atoms with van der Waals surface area (Å²) in [5, 5.41) is 0. The molecule has 0 aromatic rings. The smallest absolute Gasteiger partial charge is 0.402 e. The van der Waals surface area contributed by atoms with Crippen molar-refractivity contribution < 1.29 is 45.4 Å². The predicted molar refractivity (Wildman–Crippen MR) is 59.5 cm³/mol. The first-order valence-corrected chi connectivity index (χ1v) is 6.27. The van der Waals surface area contributed by atoms with Crippen LogP contribution in [0.3, 0.4) is 0 Å². The quantitative estimate of drug-likeness (QED) is 0.504. The van der Waals surface area contributed by atoms with Crippen molar-refractivity contribution in [2.45, 2.75) is 44.6 Å². The van der Waals surface area contributed by atoms with E-state index >= 15 is 0 Å². The fourth-order valence-corrected chi connectivity index (χ4v) is 2.00. The van der Waals surface area contributed by atoms with Crippen molar-refractivity contribution >= 4 is 11.9 Å². The molecule has 22 heavy (non-hydrogen) atoms. The van der Waals surface area contributed by atoms with Gasteiger partial charge in [0.05, 0.1) is 6.61 Å². The van der Waals surface area contributed by atoms with Gasteiger partial charge < -0.3 is 9.47 Å². The van der Waals surface area contributed by atoms with Crippen LogP contribution >= 0.6 is 0 Å². The highest BCUT2D eigenvalue weighted by atomic mass is 19.4. The molecule has 0 radical (unpaired) electrons. The number of alkyl halides is 6. The lowest BCUT2D eigenvalue weighted by Gasteiger charge is -2.15. The third-order valence-corrected chi connectivity index (χ3v) is 3.08. The molecule has 2 atom stereocenters. The van der Waals surface area contributed by atoms with E-state index < -0.39 is 41.7 Å². The van der Waals surface area contributed by atoms with Crippen LogP contribution in [0.25, 0.3) is 0 Å². The molecule has 0 amide bonds. The molecule has 0 spiro atoms. The molecule has 2 heterocycles. The molecule has 2 rings (SSSR count). The Balaban J connectivity index is 0.000000224. The summed E-state index contributed by atoms with van der Waals surface area (Å²) >= 11 is 0. The highest BCUT2D eigenvalue weighted by molar-refractivity contribution is 5.76. The van der Waals surface area contributed by atoms with E-state index in [2.05, 4.69) is 9.47 Å². The molecular weight excluding hydrogens is 322 g/mol. The minimum Gasteiger partial charge on any atom is -0.465 e. The van der Waals surface area contributed by atoms with Crippen LogP contribution in [-0.2, 0) is 19.1 Å². The second-order valence-electron chi connectivity index (χ2n) is 5.53. The third-order valence-electron chi connectivity index (χ3n) is 3.08. The summed E-state index contributed by atoms with van der Waals surface area (Å²) in [6.45, 7) is 2.83. The Labute approximate surface area is 121 Å². The van der Waals surface area contributed by atoms with E-state index in [1.165, 1.54) is 13.8 Å². The van der Waals surface area contributed by atoms with Crippen LogP contribution < -0.4 is 0 Å². The molecule has 4 nitrogen and oxygen atoms in total. The van der Waals surface area contributed by atoms with Crippen molar-refractivity contribution in [3.05, 3.63) is 0 Å². The maximum atomic E-state index is 12.1. The van der Waals surface area contributed by atoms with Gasteiger partial charge >= 0.3 is 24.3 Å². The molecule has 2 aliphatic heterocycles. The second kappa shape index (κ2) is 5.96. The van der Waals surface area contributed by atoms with Crippen LogP contribution in [0.5, 0.6) is 0 Å². The average molecular weight is 336 g/mol. The van der Waals surface area contributed by atoms with E-state index in [0.29, 0.717) is 0 Å². The van der Waals surface area contributed by atoms with E-state index in [-0.39, 0.29) is 19.4 Å². The Morgan fingerprint density at radius 2 is 1.45 bits per heavy atom. The second-order valence-corrected chi connectivity index (χ2v) is 5.53. The minimum absolute atomic E-state index is 0.108. The zero-order valence-corrected chi connectivity index (χ0v) is 11.7. The molecule has 128 valence electrons. The highest BCUT2D eigenvalue weighted by Crippen LogP contribution is 2.40. The lowest BCUT2D eigenvalue weighted by Crippen LogP contribution is -2.26. The van der Waals surface area contributed by atoms with Crippen LogP contribution in [0.2, 0.25) is 0 Å². The van der Waals surface area contributed by atoms with Gasteiger partial charge in [0, 0.05) is 12.8 Å². The Kier molecular flexibility index (Phi) is 5.03. The molecular formula is C12H14F6O4. The SMILES string of the molecule is CC1(C)CC(C(F)(F)F)C(=O)O1.O=C1OCCC1C(F)(F)F. The van der Waals surface area contributed by atoms with Gasteiger partial charge in [0.25, 0.3) is 0 Å². The van der Waals surface area contributed by atoms with E-state index in [4.69, 9.17) is 0 Å². The van der Waals surface area contributed by atoms with Crippen LogP contribution in [0.1, 0.15) is 26.7 Å². The molecule has 2 unspecified atom stereocenters. The standard InChI is InChI=1S/C7H9F3O2.C5H5F3O2/c1-6(2)3-4(5(11)12-6)7(8,9)10;6-5(7,8)3-1-2-10-4(3)9/h4H,3H2,1-2H3;3H,1-2H2. The van der Waals surface area contributed by atoms with Gasteiger partial charge in [-0.2, -0.15) is 26.3 Å². The number of hydrogen-bond acceptors (Lipinski definition) is 4. The average Bonchev–Trinajstić information content (AvgIpc) is 2.81. The minimum atomic E-state index is -4.47. The number of carbonyl (C=O) groups excluding carboxylic acids is 2. The molecule has 0 aromatic heterocycles. The lowest BCUT2D eigenvalue weighted by atomic mass is 9.97. The van der Waals surface area contributed by atoms with Gasteiger partial charge in [-0.15, -0.1) is 0 Å². The molecule has 0 aromatic carbocycles. The number of halogens is 6. The zero-order valence-electron chi connectivity index (χ0n) is 11.7. The summed E-state index contributed by atoms with van der Waals surface area (Å²) in [5.41, 5.74) is -0.975. The van der Waals surface area contributed by atoms with Crippen LogP contribution in [0, 0.1) is 11.8 Å². The van der Waals surface area contributed by atoms with E-state index in [1.54, 1.807) is 0 Å². The lowest BCUT2D eigenvalue weighted by molar-refractivity contribution is -0.186. The van der Waals surface area contributed by atoms with Gasteiger partial charge in [-0.25, -0.2) is 0 Å². The highest BCUT2D eigenvalue weighted by Gasteiger charge is 2.54. The van der Waals surface area contributed by atoms with Gasteiger partial charge in [-0.05, 0) is 13.8 Å². The molecule has 0 bridgehead atoms. The Morgan fingerprint density at radius 3 is 1.64 bits per heavy atom. The van der Waals surface area contributed by atoms with Crippen LogP contribution in [0.4, 0.5) is 26.3 Å². The summed E-state index contributed by atoms with van der Waals surface area (Å²) in [6.07, 6.45) is -9.41. The predicted octanol–water partition coefficient (Wildman–Crippen LogP) is 3.00. The molecule has 0 N–H and O–H groups in total. The summed E-state index contributed by atoms with van der Waals surface area (Å²) in [6, 6.07) is 0. The normalized spacial score (nSPS) is 27.8. The van der Waals surface area contributed by atoms with Crippen molar-refractivity contribution in [1.82, 2.24) is 0 Å². The van der Waals surface area contributed by atoms with E-state index in [1.807, 2.05) is 0 Å². The van der Waals surface area contributed by atoms with Gasteiger partial charge in [-0.3, -0.25) is 9.59 Å². The Bertz CT molecular complexity index is 440. The zero-order chi connectivity index (χ0) is 17.3. The molecule has 2 aliphatic rings. The maximum Gasteiger partial charge on any atom is 0.402 e. The van der Waals surface area contributed by atoms with Crippen LogP contribution in [-0.4, -0.2) is 36.5 Å². The van der Waals surface area contributed by atoms with Crippen LogP contribution in [0.15, 0.2) is 0 Å². The van der Waals surface area contributed by atoms with Crippen molar-refractivity contribution in [3.8, 4) is 0 Å². The number of rotatable bonds is 0. The van der Waals surface area contributed by atoms with Gasteiger partial charge in [0.1, 0.15) is 5.60 Å². The van der Waals surface area contributed by atoms with E-state index in [0.717, 1.165) is 0 Å². The van der Waals surface area contributed by atoms with Gasteiger partial charge in [0.2, 0.25) is 0 Å². The number of cyclic esters (lactones) is 2. The Hall–Kier alpha value is -1.48. The number of carbonyl (C=O) groups is 2. The summed E-state index contributed by atoms with van der Waals surface area (Å²) in [4.78, 5) is 21.0. The number of esters is 2. The first-order chi connectivity index (χ1) is 9.74. The largest absolute Gasteiger partial charge is 0.465 e. The fourth-order valence-electron chi connectivity index (χ4n) is 2.00. The summed E-state index contributed by atoms with van der Waals surface area (Å²) in [7, 11) is 0. The van der Waals surface area contributed by atoms with Gasteiger partial charge in [-0.1, -0.05) is 0 Å². The van der Waals surface area contributed by atoms with Gasteiger partial charge in [0.15, 0.2) is 11.8 Å². The molecule has 0 saturated carbocycles. The number of ether oxygens (including phenoxy) is 2. The summed E-state index contributed by atoms with van der Waals surface area (Å²) in [5.74, 6) is -6.13. The number of hydrogen-bond donors (Lipinski definition) is 0. The molecule has 0 aliphatic carbocycles. The topological polar surface area (TPSA) is 52.6 Å². The van der Waals surface area contributed by atoms with Crippen molar-refractivity contribution in [2.24, 2.45) is 11.8 Å². The first kappa shape index (κ1) is 18.6. The van der Waals surface area contributed by atoms with Crippen molar-refractivity contribution in [3.63, 3.8) is 0 Å². The first-order valence-electron chi connectivity index (χ1n) is 6.27. The summed E-state index contributed by atoms with van der Waals surface area (Å²) < 4.78 is 80.0. The van der Waals surface area contributed by atoms with E-state index in [9.17, 15) is 35.9 Å². The van der Waals surface area contributed by atoms with Crippen molar-refractivity contribution in [1.29, 1.82) is 0 Å². The fraction of sp³-hybridized carbons (Fsp3) is 0.833.